The Hall–Kier alpha value is -5.51. The molecule has 0 bridgehead atoms. The highest BCUT2D eigenvalue weighted by Gasteiger charge is 2.64. The molecular formula is C41H36F4N5O8PS. The van der Waals surface area contributed by atoms with E-state index in [1.165, 1.54) is 53.9 Å². The van der Waals surface area contributed by atoms with E-state index in [2.05, 4.69) is 28.2 Å². The van der Waals surface area contributed by atoms with E-state index in [4.69, 9.17) is 33.0 Å². The topological polar surface area (TPSA) is 156 Å². The normalized spacial score (nSPS) is 19.9. The zero-order valence-electron chi connectivity index (χ0n) is 31.6. The van der Waals surface area contributed by atoms with Crippen molar-refractivity contribution in [2.24, 2.45) is 4.99 Å². The lowest BCUT2D eigenvalue weighted by Crippen LogP contribution is -2.51. The Morgan fingerprint density at radius 2 is 1.72 bits per heavy atom. The molecular weight excluding hydrogens is 830 g/mol. The summed E-state index contributed by atoms with van der Waals surface area (Å²) in [6, 6.07) is 11.8. The van der Waals surface area contributed by atoms with E-state index >= 15 is 4.39 Å². The van der Waals surface area contributed by atoms with Gasteiger partial charge in [0.05, 0.1) is 62.0 Å². The van der Waals surface area contributed by atoms with E-state index in [-0.39, 0.29) is 54.2 Å². The third-order valence-corrected chi connectivity index (χ3v) is 11.7. The van der Waals surface area contributed by atoms with Gasteiger partial charge in [0.2, 0.25) is 0 Å². The Bertz CT molecular complexity index is 2360. The summed E-state index contributed by atoms with van der Waals surface area (Å²) < 4.78 is 108. The van der Waals surface area contributed by atoms with Gasteiger partial charge < -0.3 is 14.2 Å². The van der Waals surface area contributed by atoms with Crippen LogP contribution in [0, 0.1) is 34.6 Å². The van der Waals surface area contributed by atoms with Crippen LogP contribution < -0.4 is 0 Å². The molecule has 4 aromatic rings. The summed E-state index contributed by atoms with van der Waals surface area (Å²) in [5.74, 6) is -4.42. The molecule has 3 heterocycles. The van der Waals surface area contributed by atoms with Crippen molar-refractivity contribution in [1.82, 2.24) is 14.8 Å². The fourth-order valence-electron chi connectivity index (χ4n) is 5.96. The summed E-state index contributed by atoms with van der Waals surface area (Å²) >= 11 is 1.13. The van der Waals surface area contributed by atoms with Gasteiger partial charge in [0.1, 0.15) is 35.9 Å². The maximum absolute atomic E-state index is 16.1. The van der Waals surface area contributed by atoms with Crippen molar-refractivity contribution in [2.75, 3.05) is 26.4 Å². The van der Waals surface area contributed by atoms with E-state index in [9.17, 15) is 22.5 Å². The number of halogens is 4. The summed E-state index contributed by atoms with van der Waals surface area (Å²) in [4.78, 5) is 21.4. The van der Waals surface area contributed by atoms with Crippen molar-refractivity contribution in [3.63, 3.8) is 0 Å². The van der Waals surface area contributed by atoms with Crippen molar-refractivity contribution >= 4 is 37.8 Å². The van der Waals surface area contributed by atoms with Gasteiger partial charge in [0.15, 0.2) is 16.8 Å². The second-order valence-corrected chi connectivity index (χ2v) is 16.1. The molecule has 19 heteroatoms. The summed E-state index contributed by atoms with van der Waals surface area (Å²) in [5, 5.41) is 12.6. The number of carbonyl (C=O) groups is 1. The van der Waals surface area contributed by atoms with Crippen molar-refractivity contribution < 1.29 is 54.7 Å². The molecule has 0 unspecified atom stereocenters. The van der Waals surface area contributed by atoms with E-state index < -0.39 is 72.2 Å². The fraction of sp³-hybridized carbons (Fsp3) is 0.244. The summed E-state index contributed by atoms with van der Waals surface area (Å²) in [7, 11) is -4.29. The van der Waals surface area contributed by atoms with Gasteiger partial charge in [-0.3, -0.25) is 18.6 Å². The number of hydrogen-bond donors (Lipinski definition) is 0. The summed E-state index contributed by atoms with van der Waals surface area (Å²) in [5.41, 5.74) is -2.32. The Balaban J connectivity index is 1.27. The van der Waals surface area contributed by atoms with E-state index in [0.29, 0.717) is 6.07 Å². The molecule has 1 fully saturated rings. The number of aromatic nitrogens is 3. The zero-order valence-corrected chi connectivity index (χ0v) is 33.3. The molecule has 312 valence electrons. The first-order chi connectivity index (χ1) is 28.9. The van der Waals surface area contributed by atoms with Crippen LogP contribution in [0.2, 0.25) is 0 Å². The maximum atomic E-state index is 16.1. The minimum atomic E-state index is -4.29. The Kier molecular flexibility index (Phi) is 14.5. The standard InChI is InChI=1S/C41H36F4N5O8PS/c1-3-15-55-59(52,56-16-4-2)57-21-30-18-31(42)11-13-34(30)39(51)58-40(25-50-27-47-26-49-50,35-14-12-32(43)19-37(35)45)41(24-48-41)60-33-22-53-38(54-23-33)8-6-5-7-29-10-9-28(20-46)17-36(29)44/h3-14,17-19,24,26-27,33,38H,1-2,15-16,21-23,25H2/b7-5+,8-6+/t33?,38?,40-,41+/m0/s1. The van der Waals surface area contributed by atoms with Crippen LogP contribution >= 0.6 is 19.6 Å². The highest BCUT2D eigenvalue weighted by Crippen LogP contribution is 2.55. The van der Waals surface area contributed by atoms with Crippen LogP contribution in [-0.4, -0.2) is 69.8 Å². The molecule has 13 nitrogen and oxygen atoms in total. The minimum absolute atomic E-state index is 0.0827. The number of esters is 1. The lowest BCUT2D eigenvalue weighted by Gasteiger charge is -2.41. The number of phosphoric ester groups is 1. The van der Waals surface area contributed by atoms with Crippen LogP contribution in [-0.2, 0) is 51.1 Å². The van der Waals surface area contributed by atoms with Gasteiger partial charge in [-0.1, -0.05) is 36.4 Å². The van der Waals surface area contributed by atoms with Crippen LogP contribution in [0.25, 0.3) is 6.08 Å². The monoisotopic (exact) mass is 865 g/mol. The Morgan fingerprint density at radius 3 is 2.35 bits per heavy atom. The van der Waals surface area contributed by atoms with Crippen LogP contribution in [0.4, 0.5) is 17.6 Å². The number of carbonyl (C=O) groups excluding carboxylic acids is 1. The molecule has 2 aliphatic heterocycles. The molecule has 0 spiro atoms. The lowest BCUT2D eigenvalue weighted by atomic mass is 9.87. The molecule has 60 heavy (non-hydrogen) atoms. The predicted molar refractivity (Wildman–Crippen MR) is 212 cm³/mol. The number of allylic oxidation sites excluding steroid dienone is 2. The predicted octanol–water partition coefficient (Wildman–Crippen LogP) is 8.01. The summed E-state index contributed by atoms with van der Waals surface area (Å²) in [6.45, 7) is 5.67. The van der Waals surface area contributed by atoms with Gasteiger partial charge in [0.25, 0.3) is 0 Å². The maximum Gasteiger partial charge on any atom is 0.475 e. The van der Waals surface area contributed by atoms with Gasteiger partial charge in [-0.2, -0.15) is 10.4 Å². The van der Waals surface area contributed by atoms with Crippen molar-refractivity contribution in [3.8, 4) is 6.07 Å². The molecule has 2 aliphatic rings. The zero-order chi connectivity index (χ0) is 42.8. The molecule has 6 rings (SSSR count). The number of nitrogens with zero attached hydrogens (tertiary/aromatic N) is 5. The Labute approximate surface area is 346 Å². The third-order valence-electron chi connectivity index (χ3n) is 8.82. The number of phosphoric acid groups is 1. The molecule has 1 aromatic heterocycles. The van der Waals surface area contributed by atoms with Gasteiger partial charge in [-0.15, -0.1) is 24.9 Å². The van der Waals surface area contributed by atoms with Gasteiger partial charge in [-0.25, -0.2) is 36.6 Å². The second-order valence-electron chi connectivity index (χ2n) is 12.9. The SMILES string of the molecule is C=CCOP(=O)(OCC=C)OCc1cc(F)ccc1C(=O)O[C@@](Cn1cncn1)(c1ccc(F)cc1F)[C@]1(SC2COC(/C=C/C=C/c3ccc(C#N)cc3F)OC2)C=N1. The number of aliphatic imine (C=N–C) groups is 1. The van der Waals surface area contributed by atoms with Crippen molar-refractivity contribution in [3.05, 3.63) is 162 Å². The lowest BCUT2D eigenvalue weighted by molar-refractivity contribution is -0.146. The average Bonchev–Trinajstić information content (AvgIpc) is 3.85. The van der Waals surface area contributed by atoms with Gasteiger partial charge in [0, 0.05) is 23.4 Å². The van der Waals surface area contributed by atoms with Gasteiger partial charge >= 0.3 is 13.8 Å². The van der Waals surface area contributed by atoms with Crippen molar-refractivity contribution in [1.29, 1.82) is 5.26 Å². The molecule has 1 saturated heterocycles. The van der Waals surface area contributed by atoms with E-state index in [0.717, 1.165) is 48.2 Å². The first kappa shape index (κ1) is 44.1. The van der Waals surface area contributed by atoms with Crippen molar-refractivity contribution in [2.45, 2.75) is 35.2 Å². The second kappa shape index (κ2) is 19.7. The molecule has 2 atom stereocenters. The summed E-state index contributed by atoms with van der Waals surface area (Å²) in [6.07, 6.45) is 12.1. The number of ether oxygens (including phenoxy) is 3. The molecule has 0 aliphatic carbocycles. The molecule has 0 amide bonds. The number of rotatable bonds is 20. The van der Waals surface area contributed by atoms with Crippen LogP contribution in [0.3, 0.4) is 0 Å². The number of nitriles is 1. The molecule has 0 saturated carbocycles. The van der Waals surface area contributed by atoms with Crippen LogP contribution in [0.1, 0.15) is 32.6 Å². The van der Waals surface area contributed by atoms with Crippen LogP contribution in [0.5, 0.6) is 0 Å². The van der Waals surface area contributed by atoms with Crippen LogP contribution in [0.15, 0.2) is 116 Å². The third kappa shape index (κ3) is 10.6. The first-order valence-corrected chi connectivity index (χ1v) is 20.3. The van der Waals surface area contributed by atoms with Gasteiger partial charge in [-0.05, 0) is 54.1 Å². The highest BCUT2D eigenvalue weighted by atomic mass is 32.2. The largest absolute Gasteiger partial charge is 0.475 e. The van der Waals surface area contributed by atoms with E-state index in [1.807, 2.05) is 6.07 Å². The molecule has 3 aromatic carbocycles. The molecule has 0 N–H and O–H groups in total. The Morgan fingerprint density at radius 1 is 1.00 bits per heavy atom. The smallest absolute Gasteiger partial charge is 0.444 e. The van der Waals surface area contributed by atoms with E-state index in [1.54, 1.807) is 18.2 Å². The molecule has 0 radical (unpaired) electrons. The first-order valence-electron chi connectivity index (χ1n) is 18.0. The average molecular weight is 866 g/mol. The fourth-order valence-corrected chi connectivity index (χ4v) is 8.44. The quantitative estimate of drug-likeness (QED) is 0.0278. The number of benzene rings is 3. The number of thioether (sulfide) groups is 1. The number of hydrogen-bond acceptors (Lipinski definition) is 13. The highest BCUT2D eigenvalue weighted by molar-refractivity contribution is 8.02. The minimum Gasteiger partial charge on any atom is -0.444 e.